The highest BCUT2D eigenvalue weighted by atomic mass is 16.5. The number of hydrogen-bond acceptors (Lipinski definition) is 6. The van der Waals surface area contributed by atoms with Crippen LogP contribution in [0.3, 0.4) is 0 Å². The number of ketones is 2. The minimum absolute atomic E-state index is 0.00305. The Balaban J connectivity index is 1.60. The second-order valence-electron chi connectivity index (χ2n) is 11.9. The molecule has 0 radical (unpaired) electrons. The van der Waals surface area contributed by atoms with Crippen molar-refractivity contribution in [3.63, 3.8) is 0 Å². The van der Waals surface area contributed by atoms with Gasteiger partial charge in [0.25, 0.3) is 0 Å². The maximum Gasteiger partial charge on any atom is 0.311 e. The normalized spacial score (nSPS) is 43.1. The van der Waals surface area contributed by atoms with Crippen molar-refractivity contribution >= 4 is 17.5 Å². The van der Waals surface area contributed by atoms with Gasteiger partial charge in [0.05, 0.1) is 11.5 Å². The third kappa shape index (κ3) is 3.25. The third-order valence-electron chi connectivity index (χ3n) is 9.06. The smallest absolute Gasteiger partial charge is 0.311 e. The predicted molar refractivity (Wildman–Crippen MR) is 118 cm³/mol. The number of Topliss-reactive ketones (excluding diaryl/α,β-unsaturated/α-hetero) is 1. The average Bonchev–Trinajstić information content (AvgIpc) is 2.97. The fourth-order valence-corrected chi connectivity index (χ4v) is 7.26. The summed E-state index contributed by atoms with van der Waals surface area (Å²) in [6.07, 6.45) is 7.48. The first-order valence-electron chi connectivity index (χ1n) is 11.8. The molecule has 4 aliphatic carbocycles. The SMILES string of the molecule is CC(C)(C)C(=O)OCC(=O)[C@@]1(O)CC[C@H]2[C@@H]3CCC4=CC(=O)C=C[C@]4(C)[C@H]3[C@H](O)C[C@@]21C. The highest BCUT2D eigenvalue weighted by molar-refractivity contribution is 6.01. The van der Waals surface area contributed by atoms with Gasteiger partial charge in [-0.25, -0.2) is 0 Å². The molecule has 32 heavy (non-hydrogen) atoms. The summed E-state index contributed by atoms with van der Waals surface area (Å²) in [7, 11) is 0. The van der Waals surface area contributed by atoms with Crippen LogP contribution in [0.1, 0.15) is 66.7 Å². The Morgan fingerprint density at radius 3 is 2.56 bits per heavy atom. The van der Waals surface area contributed by atoms with Crippen LogP contribution in [0.4, 0.5) is 0 Å². The molecule has 0 bridgehead atoms. The van der Waals surface area contributed by atoms with E-state index in [1.165, 1.54) is 0 Å². The van der Waals surface area contributed by atoms with Crippen LogP contribution in [0, 0.1) is 34.0 Å². The fourth-order valence-electron chi connectivity index (χ4n) is 7.26. The van der Waals surface area contributed by atoms with E-state index in [0.717, 1.165) is 18.4 Å². The van der Waals surface area contributed by atoms with Crippen LogP contribution in [0.2, 0.25) is 0 Å². The molecule has 0 amide bonds. The Kier molecular flexibility index (Phi) is 5.37. The second kappa shape index (κ2) is 7.36. The van der Waals surface area contributed by atoms with Gasteiger partial charge >= 0.3 is 5.97 Å². The highest BCUT2D eigenvalue weighted by Gasteiger charge is 2.68. The molecule has 0 aromatic rings. The van der Waals surface area contributed by atoms with Gasteiger partial charge in [-0.1, -0.05) is 25.5 Å². The summed E-state index contributed by atoms with van der Waals surface area (Å²) in [6, 6.07) is 0. The number of fused-ring (bicyclic) bond motifs is 5. The van der Waals surface area contributed by atoms with Crippen LogP contribution in [0.15, 0.2) is 23.8 Å². The lowest BCUT2D eigenvalue weighted by Gasteiger charge is -2.59. The van der Waals surface area contributed by atoms with Gasteiger partial charge in [0.2, 0.25) is 5.78 Å². The van der Waals surface area contributed by atoms with Gasteiger partial charge in [0, 0.05) is 16.7 Å². The van der Waals surface area contributed by atoms with Crippen LogP contribution in [-0.2, 0) is 19.1 Å². The monoisotopic (exact) mass is 444 g/mol. The van der Waals surface area contributed by atoms with E-state index in [1.807, 2.05) is 13.0 Å². The molecule has 0 aromatic carbocycles. The summed E-state index contributed by atoms with van der Waals surface area (Å²) in [5, 5.41) is 23.0. The lowest BCUT2D eigenvalue weighted by atomic mass is 9.46. The third-order valence-corrected chi connectivity index (χ3v) is 9.06. The van der Waals surface area contributed by atoms with Crippen LogP contribution in [0.5, 0.6) is 0 Å². The number of rotatable bonds is 3. The van der Waals surface area contributed by atoms with Crippen molar-refractivity contribution < 1.29 is 29.3 Å². The summed E-state index contributed by atoms with van der Waals surface area (Å²) < 4.78 is 5.24. The largest absolute Gasteiger partial charge is 0.457 e. The molecule has 4 aliphatic rings. The standard InChI is InChI=1S/C26H36O6/c1-23(2,3)22(30)32-14-20(29)26(31)11-9-18-17-7-6-15-12-16(27)8-10-24(15,4)21(17)19(28)13-25(18,26)5/h8,10,12,17-19,21,28,31H,6-7,9,11,13-14H2,1-5H3/t17-,18-,19+,21+,24-,25-,26-/m0/s1. The molecule has 7 atom stereocenters. The van der Waals surface area contributed by atoms with E-state index in [0.29, 0.717) is 19.3 Å². The molecule has 176 valence electrons. The number of ether oxygens (including phenoxy) is 1. The number of aliphatic hydroxyl groups is 2. The zero-order chi connectivity index (χ0) is 23.7. The number of esters is 1. The number of aliphatic hydroxyl groups excluding tert-OH is 1. The molecule has 3 saturated carbocycles. The predicted octanol–water partition coefficient (Wildman–Crippen LogP) is 3.15. The maximum atomic E-state index is 13.2. The van der Waals surface area contributed by atoms with Crippen LogP contribution < -0.4 is 0 Å². The van der Waals surface area contributed by atoms with Crippen molar-refractivity contribution in [1.82, 2.24) is 0 Å². The first-order valence-corrected chi connectivity index (χ1v) is 11.8. The van der Waals surface area contributed by atoms with Gasteiger partial charge in [-0.2, -0.15) is 0 Å². The summed E-state index contributed by atoms with van der Waals surface area (Å²) in [5.74, 6) is -0.791. The molecule has 0 saturated heterocycles. The van der Waals surface area contributed by atoms with Crippen LogP contribution in [0.25, 0.3) is 0 Å². The van der Waals surface area contributed by atoms with Crippen molar-refractivity contribution in [3.8, 4) is 0 Å². The van der Waals surface area contributed by atoms with Gasteiger partial charge in [0.1, 0.15) is 5.60 Å². The molecule has 0 aliphatic heterocycles. The molecule has 0 unspecified atom stereocenters. The summed E-state index contributed by atoms with van der Waals surface area (Å²) >= 11 is 0. The fraction of sp³-hybridized carbons (Fsp3) is 0.731. The maximum absolute atomic E-state index is 13.2. The topological polar surface area (TPSA) is 101 Å². The molecule has 0 spiro atoms. The first-order chi connectivity index (χ1) is 14.7. The lowest BCUT2D eigenvalue weighted by Crippen LogP contribution is -2.61. The number of hydrogen-bond donors (Lipinski definition) is 2. The van der Waals surface area contributed by atoms with Gasteiger partial charge in [-0.05, 0) is 76.9 Å². The number of carbonyl (C=O) groups excluding carboxylic acids is 3. The second-order valence-corrected chi connectivity index (χ2v) is 11.9. The Hall–Kier alpha value is -1.79. The number of carbonyl (C=O) groups is 3. The Bertz CT molecular complexity index is 910. The van der Waals surface area contributed by atoms with Gasteiger partial charge < -0.3 is 14.9 Å². The van der Waals surface area contributed by atoms with E-state index in [1.54, 1.807) is 32.9 Å². The van der Waals surface area contributed by atoms with Gasteiger partial charge in [0.15, 0.2) is 12.4 Å². The summed E-state index contributed by atoms with van der Waals surface area (Å²) in [6.45, 7) is 8.73. The van der Waals surface area contributed by atoms with Gasteiger partial charge in [-0.15, -0.1) is 0 Å². The molecule has 4 rings (SSSR count). The van der Waals surface area contributed by atoms with Crippen molar-refractivity contribution in [3.05, 3.63) is 23.8 Å². The molecule has 2 N–H and O–H groups in total. The zero-order valence-electron chi connectivity index (χ0n) is 19.8. The van der Waals surface area contributed by atoms with E-state index in [9.17, 15) is 24.6 Å². The summed E-state index contributed by atoms with van der Waals surface area (Å²) in [5.41, 5.74) is -2.45. The quantitative estimate of drug-likeness (QED) is 0.649. The molecule has 0 heterocycles. The molecular formula is C26H36O6. The zero-order valence-corrected chi connectivity index (χ0v) is 19.8. The minimum Gasteiger partial charge on any atom is -0.457 e. The van der Waals surface area contributed by atoms with E-state index < -0.39 is 40.9 Å². The van der Waals surface area contributed by atoms with Crippen molar-refractivity contribution in [2.75, 3.05) is 6.61 Å². The summed E-state index contributed by atoms with van der Waals surface area (Å²) in [4.78, 5) is 37.3. The van der Waals surface area contributed by atoms with Crippen molar-refractivity contribution in [2.24, 2.45) is 34.0 Å². The molecule has 6 heteroatoms. The Morgan fingerprint density at radius 2 is 1.91 bits per heavy atom. The molecule has 0 aromatic heterocycles. The van der Waals surface area contributed by atoms with E-state index in [2.05, 4.69) is 6.92 Å². The van der Waals surface area contributed by atoms with Gasteiger partial charge in [-0.3, -0.25) is 14.4 Å². The molecular weight excluding hydrogens is 408 g/mol. The van der Waals surface area contributed by atoms with Crippen molar-refractivity contribution in [2.45, 2.75) is 78.4 Å². The minimum atomic E-state index is -1.63. The van der Waals surface area contributed by atoms with E-state index >= 15 is 0 Å². The van der Waals surface area contributed by atoms with E-state index in [-0.39, 0.29) is 29.0 Å². The first kappa shape index (κ1) is 23.4. The lowest BCUT2D eigenvalue weighted by molar-refractivity contribution is -0.182. The van der Waals surface area contributed by atoms with Crippen LogP contribution >= 0.6 is 0 Å². The number of allylic oxidation sites excluding steroid dienone is 4. The van der Waals surface area contributed by atoms with Crippen molar-refractivity contribution in [1.29, 1.82) is 0 Å². The Morgan fingerprint density at radius 1 is 1.22 bits per heavy atom. The highest BCUT2D eigenvalue weighted by Crippen LogP contribution is 2.67. The van der Waals surface area contributed by atoms with Crippen LogP contribution in [-0.4, -0.2) is 46.1 Å². The molecule has 3 fully saturated rings. The Labute approximate surface area is 190 Å². The average molecular weight is 445 g/mol. The van der Waals surface area contributed by atoms with E-state index in [4.69, 9.17) is 4.74 Å². The molecule has 6 nitrogen and oxygen atoms in total.